The first-order valence-electron chi connectivity index (χ1n) is 9.05. The molecule has 0 aliphatic rings. The molecule has 0 heterocycles. The van der Waals surface area contributed by atoms with Gasteiger partial charge in [0.15, 0.2) is 0 Å². The molecule has 0 atom stereocenters. The van der Waals surface area contributed by atoms with Gasteiger partial charge in [-0.25, -0.2) is 0 Å². The summed E-state index contributed by atoms with van der Waals surface area (Å²) >= 11 is 0. The molecule has 0 aliphatic carbocycles. The van der Waals surface area contributed by atoms with Gasteiger partial charge in [-0.3, -0.25) is 0 Å². The van der Waals surface area contributed by atoms with Crippen LogP contribution in [0.25, 0.3) is 53.9 Å². The Labute approximate surface area is 151 Å². The van der Waals surface area contributed by atoms with Crippen molar-refractivity contribution in [3.05, 3.63) is 97.1 Å². The van der Waals surface area contributed by atoms with Crippen molar-refractivity contribution in [3.63, 3.8) is 0 Å². The summed E-state index contributed by atoms with van der Waals surface area (Å²) < 4.78 is 0. The zero-order valence-electron chi connectivity index (χ0n) is 14.2. The van der Waals surface area contributed by atoms with E-state index < -0.39 is 0 Å². The average molecular weight is 328 g/mol. The Morgan fingerprint density at radius 2 is 0.731 bits per heavy atom. The van der Waals surface area contributed by atoms with Crippen molar-refractivity contribution < 1.29 is 0 Å². The minimum absolute atomic E-state index is 1.30. The predicted octanol–water partition coefficient (Wildman–Crippen LogP) is 7.45. The van der Waals surface area contributed by atoms with E-state index in [0.29, 0.717) is 0 Å². The maximum absolute atomic E-state index is 2.30. The normalized spacial score (nSPS) is 11.8. The monoisotopic (exact) mass is 328 g/mol. The van der Waals surface area contributed by atoms with Crippen molar-refractivity contribution in [1.29, 1.82) is 0 Å². The Hall–Kier alpha value is -3.38. The van der Waals surface area contributed by atoms with E-state index in [1.807, 2.05) is 0 Å². The van der Waals surface area contributed by atoms with Gasteiger partial charge in [0.2, 0.25) is 0 Å². The molecular weight excluding hydrogens is 312 g/mol. The second kappa shape index (κ2) is 5.06. The Morgan fingerprint density at radius 1 is 0.269 bits per heavy atom. The number of rotatable bonds is 0. The van der Waals surface area contributed by atoms with Crippen LogP contribution in [0.4, 0.5) is 0 Å². The van der Waals surface area contributed by atoms with Gasteiger partial charge in [-0.05, 0) is 53.9 Å². The topological polar surface area (TPSA) is 0 Å². The van der Waals surface area contributed by atoms with Crippen LogP contribution in [0.3, 0.4) is 0 Å². The van der Waals surface area contributed by atoms with E-state index in [2.05, 4.69) is 97.1 Å². The van der Waals surface area contributed by atoms with Crippen LogP contribution >= 0.6 is 0 Å². The zero-order chi connectivity index (χ0) is 17.1. The third-order valence-electron chi connectivity index (χ3n) is 5.63. The molecular formula is C26H16. The first-order valence-corrected chi connectivity index (χ1v) is 9.05. The molecule has 0 unspecified atom stereocenters. The molecule has 0 saturated heterocycles. The minimum Gasteiger partial charge on any atom is -0.0616 e. The van der Waals surface area contributed by atoms with Crippen LogP contribution in [0.2, 0.25) is 0 Å². The molecule has 0 aromatic heterocycles. The van der Waals surface area contributed by atoms with Crippen LogP contribution in [0.5, 0.6) is 0 Å². The maximum Gasteiger partial charge on any atom is -0.00266 e. The lowest BCUT2D eigenvalue weighted by Crippen LogP contribution is -1.84. The van der Waals surface area contributed by atoms with E-state index >= 15 is 0 Å². The zero-order valence-corrected chi connectivity index (χ0v) is 14.2. The van der Waals surface area contributed by atoms with Crippen LogP contribution in [0.1, 0.15) is 0 Å². The molecule has 0 amide bonds. The molecule has 0 saturated carbocycles. The van der Waals surface area contributed by atoms with E-state index in [1.54, 1.807) is 0 Å². The SMILES string of the molecule is c1ccc2c(c1)ccc1c2ccc2c1ccc1ccc3ccccc3c12. The highest BCUT2D eigenvalue weighted by Crippen LogP contribution is 2.37. The summed E-state index contributed by atoms with van der Waals surface area (Å²) in [4.78, 5) is 0. The lowest BCUT2D eigenvalue weighted by Gasteiger charge is -2.11. The third-order valence-corrected chi connectivity index (χ3v) is 5.63. The second-order valence-electron chi connectivity index (χ2n) is 6.99. The van der Waals surface area contributed by atoms with Gasteiger partial charge in [-0.2, -0.15) is 0 Å². The lowest BCUT2D eigenvalue weighted by molar-refractivity contribution is 1.78. The van der Waals surface area contributed by atoms with Crippen molar-refractivity contribution >= 4 is 53.9 Å². The Balaban J connectivity index is 1.88. The van der Waals surface area contributed by atoms with Crippen molar-refractivity contribution in [2.45, 2.75) is 0 Å². The van der Waals surface area contributed by atoms with Gasteiger partial charge in [0.05, 0.1) is 0 Å². The quantitative estimate of drug-likeness (QED) is 0.254. The van der Waals surface area contributed by atoms with E-state index in [4.69, 9.17) is 0 Å². The summed E-state index contributed by atoms with van der Waals surface area (Å²) in [7, 11) is 0. The smallest absolute Gasteiger partial charge is 0.00266 e. The highest BCUT2D eigenvalue weighted by molar-refractivity contribution is 6.26. The van der Waals surface area contributed by atoms with Crippen LogP contribution in [0, 0.1) is 0 Å². The number of fused-ring (bicyclic) bond motifs is 9. The Bertz CT molecular complexity index is 1470. The molecule has 26 heavy (non-hydrogen) atoms. The molecule has 0 spiro atoms. The molecule has 0 aliphatic heterocycles. The van der Waals surface area contributed by atoms with Gasteiger partial charge in [0.25, 0.3) is 0 Å². The largest absolute Gasteiger partial charge is 0.0616 e. The Kier molecular flexibility index (Phi) is 2.70. The fourth-order valence-corrected chi connectivity index (χ4v) is 4.41. The summed E-state index contributed by atoms with van der Waals surface area (Å²) in [5.74, 6) is 0. The second-order valence-corrected chi connectivity index (χ2v) is 6.99. The highest BCUT2D eigenvalue weighted by atomic mass is 14.1. The first-order chi connectivity index (χ1) is 12.9. The highest BCUT2D eigenvalue weighted by Gasteiger charge is 2.09. The van der Waals surface area contributed by atoms with Crippen molar-refractivity contribution in [1.82, 2.24) is 0 Å². The molecule has 0 N–H and O–H groups in total. The molecule has 0 nitrogen and oxygen atoms in total. The van der Waals surface area contributed by atoms with Gasteiger partial charge in [0.1, 0.15) is 0 Å². The fourth-order valence-electron chi connectivity index (χ4n) is 4.41. The molecule has 0 bridgehead atoms. The summed E-state index contributed by atoms with van der Waals surface area (Å²) in [5, 5.41) is 13.2. The number of benzene rings is 6. The lowest BCUT2D eigenvalue weighted by atomic mass is 9.92. The Morgan fingerprint density at radius 3 is 1.58 bits per heavy atom. The summed E-state index contributed by atoms with van der Waals surface area (Å²) in [6.07, 6.45) is 0. The van der Waals surface area contributed by atoms with Gasteiger partial charge < -0.3 is 0 Å². The summed E-state index contributed by atoms with van der Waals surface area (Å²) in [5.41, 5.74) is 0. The van der Waals surface area contributed by atoms with E-state index in [9.17, 15) is 0 Å². The first kappa shape index (κ1) is 13.9. The summed E-state index contributed by atoms with van der Waals surface area (Å²) in [6.45, 7) is 0. The predicted molar refractivity (Wildman–Crippen MR) is 114 cm³/mol. The maximum atomic E-state index is 2.30. The standard InChI is InChI=1S/C26H16/c1-3-7-20-17(5-1)11-13-23-22(20)15-16-25-24(23)14-12-19-10-9-18-6-2-4-8-21(18)26(19)25/h1-16H. The van der Waals surface area contributed by atoms with Crippen LogP contribution < -0.4 is 0 Å². The molecule has 6 rings (SSSR count). The van der Waals surface area contributed by atoms with Crippen molar-refractivity contribution in [3.8, 4) is 0 Å². The van der Waals surface area contributed by atoms with E-state index in [-0.39, 0.29) is 0 Å². The van der Waals surface area contributed by atoms with Crippen LogP contribution in [-0.4, -0.2) is 0 Å². The van der Waals surface area contributed by atoms with Gasteiger partial charge in [0, 0.05) is 0 Å². The van der Waals surface area contributed by atoms with E-state index in [1.165, 1.54) is 53.9 Å². The molecule has 6 aromatic carbocycles. The number of hydrogen-bond donors (Lipinski definition) is 0. The molecule has 0 heteroatoms. The van der Waals surface area contributed by atoms with E-state index in [0.717, 1.165) is 0 Å². The molecule has 0 fully saturated rings. The molecule has 6 aromatic rings. The molecule has 0 radical (unpaired) electrons. The molecule has 120 valence electrons. The van der Waals surface area contributed by atoms with Gasteiger partial charge in [-0.1, -0.05) is 97.1 Å². The van der Waals surface area contributed by atoms with Crippen molar-refractivity contribution in [2.75, 3.05) is 0 Å². The van der Waals surface area contributed by atoms with Gasteiger partial charge in [-0.15, -0.1) is 0 Å². The van der Waals surface area contributed by atoms with Gasteiger partial charge >= 0.3 is 0 Å². The minimum atomic E-state index is 1.30. The number of hydrogen-bond acceptors (Lipinski definition) is 0. The van der Waals surface area contributed by atoms with Crippen LogP contribution in [0.15, 0.2) is 97.1 Å². The third kappa shape index (κ3) is 1.79. The van der Waals surface area contributed by atoms with Crippen LogP contribution in [-0.2, 0) is 0 Å². The average Bonchev–Trinajstić information content (AvgIpc) is 2.72. The fraction of sp³-hybridized carbons (Fsp3) is 0. The van der Waals surface area contributed by atoms with Crippen molar-refractivity contribution in [2.24, 2.45) is 0 Å². The summed E-state index contributed by atoms with van der Waals surface area (Å²) in [6, 6.07) is 35.4.